The summed E-state index contributed by atoms with van der Waals surface area (Å²) in [6, 6.07) is 10.0. The maximum Gasteiger partial charge on any atom is 0.130 e. The zero-order chi connectivity index (χ0) is 14.8. The minimum atomic E-state index is 0.581. The van der Waals surface area contributed by atoms with Crippen LogP contribution in [0.15, 0.2) is 47.2 Å². The van der Waals surface area contributed by atoms with Crippen LogP contribution in [0, 0.1) is 4.64 Å². The van der Waals surface area contributed by atoms with E-state index in [-0.39, 0.29) is 0 Å². The van der Waals surface area contributed by atoms with Crippen LogP contribution >= 0.6 is 28.1 Å². The Morgan fingerprint density at radius 2 is 2.19 bits per heavy atom. The smallest absolute Gasteiger partial charge is 0.130 e. The van der Waals surface area contributed by atoms with Crippen LogP contribution in [0.5, 0.6) is 0 Å². The first-order valence-electron chi connectivity index (χ1n) is 6.44. The van der Waals surface area contributed by atoms with Crippen molar-refractivity contribution in [1.82, 2.24) is 19.7 Å². The summed E-state index contributed by atoms with van der Waals surface area (Å²) >= 11 is 8.75. The van der Waals surface area contributed by atoms with Gasteiger partial charge in [-0.3, -0.25) is 4.68 Å². The fourth-order valence-corrected chi connectivity index (χ4v) is 2.82. The molecular weight excluding hydrogens is 348 g/mol. The van der Waals surface area contributed by atoms with Crippen LogP contribution in [0.4, 0.5) is 0 Å². The lowest BCUT2D eigenvalue weighted by molar-refractivity contribution is 0.768. The number of nitrogens with zero attached hydrogens (tertiary/aromatic N) is 3. The highest BCUT2D eigenvalue weighted by Crippen LogP contribution is 2.18. The van der Waals surface area contributed by atoms with Gasteiger partial charge in [0.2, 0.25) is 0 Å². The third-order valence-corrected chi connectivity index (χ3v) is 3.77. The molecule has 3 aromatic rings. The van der Waals surface area contributed by atoms with Crippen LogP contribution < -0.4 is 0 Å². The van der Waals surface area contributed by atoms with Crippen molar-refractivity contribution in [3.8, 4) is 11.3 Å². The Labute approximate surface area is 136 Å². The third-order valence-electron chi connectivity index (χ3n) is 3.07. The molecule has 0 aliphatic heterocycles. The molecule has 0 fully saturated rings. The fraction of sp³-hybridized carbons (Fsp3) is 0.133. The highest BCUT2D eigenvalue weighted by Gasteiger charge is 2.05. The molecule has 0 saturated heterocycles. The molecule has 1 N–H and O–H groups in total. The predicted octanol–water partition coefficient (Wildman–Crippen LogP) is 3.89. The van der Waals surface area contributed by atoms with Gasteiger partial charge in [-0.05, 0) is 23.8 Å². The van der Waals surface area contributed by atoms with Gasteiger partial charge in [0, 0.05) is 29.7 Å². The number of hydrogen-bond donors (Lipinski definition) is 1. The molecule has 0 amide bonds. The average molecular weight is 361 g/mol. The monoisotopic (exact) mass is 360 g/mol. The number of aromatic nitrogens is 4. The SMILES string of the molecule is Cn1cc(-c2cc(=S)nc(Cc3cccc(Br)c3)[nH]2)cn1. The van der Waals surface area contributed by atoms with Gasteiger partial charge >= 0.3 is 0 Å². The Morgan fingerprint density at radius 1 is 1.33 bits per heavy atom. The van der Waals surface area contributed by atoms with Crippen LogP contribution in [-0.4, -0.2) is 19.7 Å². The number of hydrogen-bond acceptors (Lipinski definition) is 3. The van der Waals surface area contributed by atoms with Crippen molar-refractivity contribution in [2.75, 3.05) is 0 Å². The number of H-pyrrole nitrogens is 1. The van der Waals surface area contributed by atoms with Crippen LogP contribution in [0.25, 0.3) is 11.3 Å². The van der Waals surface area contributed by atoms with Gasteiger partial charge < -0.3 is 4.98 Å². The largest absolute Gasteiger partial charge is 0.343 e. The summed E-state index contributed by atoms with van der Waals surface area (Å²) in [6.45, 7) is 0. The summed E-state index contributed by atoms with van der Waals surface area (Å²) in [6.07, 6.45) is 4.46. The van der Waals surface area contributed by atoms with Crippen LogP contribution in [0.2, 0.25) is 0 Å². The van der Waals surface area contributed by atoms with Gasteiger partial charge in [-0.25, -0.2) is 4.98 Å². The van der Waals surface area contributed by atoms with Crippen molar-refractivity contribution >= 4 is 28.1 Å². The van der Waals surface area contributed by atoms with E-state index in [1.54, 1.807) is 4.68 Å². The fourth-order valence-electron chi connectivity index (χ4n) is 2.15. The van der Waals surface area contributed by atoms with Gasteiger partial charge in [-0.1, -0.05) is 40.3 Å². The topological polar surface area (TPSA) is 46.5 Å². The van der Waals surface area contributed by atoms with Crippen molar-refractivity contribution in [1.29, 1.82) is 0 Å². The minimum Gasteiger partial charge on any atom is -0.343 e. The number of halogens is 1. The third kappa shape index (κ3) is 3.46. The van der Waals surface area contributed by atoms with E-state index in [1.165, 1.54) is 5.56 Å². The van der Waals surface area contributed by atoms with Crippen molar-refractivity contribution < 1.29 is 0 Å². The van der Waals surface area contributed by atoms with E-state index in [0.717, 1.165) is 21.6 Å². The van der Waals surface area contributed by atoms with Gasteiger partial charge in [-0.2, -0.15) is 5.10 Å². The number of aromatic amines is 1. The van der Waals surface area contributed by atoms with Crippen molar-refractivity contribution in [3.05, 3.63) is 63.2 Å². The molecule has 106 valence electrons. The van der Waals surface area contributed by atoms with Crippen molar-refractivity contribution in [3.63, 3.8) is 0 Å². The van der Waals surface area contributed by atoms with Gasteiger partial charge in [0.05, 0.1) is 11.9 Å². The Kier molecular flexibility index (Phi) is 3.98. The summed E-state index contributed by atoms with van der Waals surface area (Å²) in [5, 5.41) is 4.18. The van der Waals surface area contributed by atoms with E-state index in [2.05, 4.69) is 43.1 Å². The van der Waals surface area contributed by atoms with E-state index in [9.17, 15) is 0 Å². The van der Waals surface area contributed by atoms with Gasteiger partial charge in [0.15, 0.2) is 0 Å². The molecule has 1 aromatic carbocycles. The summed E-state index contributed by atoms with van der Waals surface area (Å²) in [5.74, 6) is 0.847. The second-order valence-corrected chi connectivity index (χ2v) is 6.12. The second-order valence-electron chi connectivity index (χ2n) is 4.79. The zero-order valence-corrected chi connectivity index (χ0v) is 13.8. The van der Waals surface area contributed by atoms with E-state index < -0.39 is 0 Å². The summed E-state index contributed by atoms with van der Waals surface area (Å²) < 4.78 is 3.40. The summed E-state index contributed by atoms with van der Waals surface area (Å²) in [4.78, 5) is 7.74. The molecular formula is C15H13BrN4S. The van der Waals surface area contributed by atoms with Crippen molar-refractivity contribution in [2.24, 2.45) is 7.05 Å². The number of benzene rings is 1. The molecule has 6 heteroatoms. The maximum absolute atomic E-state index is 5.27. The van der Waals surface area contributed by atoms with E-state index in [1.807, 2.05) is 37.6 Å². The highest BCUT2D eigenvalue weighted by atomic mass is 79.9. The Balaban J connectivity index is 1.96. The molecule has 0 radical (unpaired) electrons. The lowest BCUT2D eigenvalue weighted by atomic mass is 10.1. The molecule has 0 spiro atoms. The molecule has 3 rings (SSSR count). The first kappa shape index (κ1) is 14.2. The van der Waals surface area contributed by atoms with Crippen LogP contribution in [0.3, 0.4) is 0 Å². The Morgan fingerprint density at radius 3 is 2.90 bits per heavy atom. The van der Waals surface area contributed by atoms with E-state index >= 15 is 0 Å². The molecule has 0 atom stereocenters. The predicted molar refractivity (Wildman–Crippen MR) is 88.6 cm³/mol. The second kappa shape index (κ2) is 5.91. The Bertz CT molecular complexity index is 837. The summed E-state index contributed by atoms with van der Waals surface area (Å²) in [7, 11) is 1.89. The lowest BCUT2D eigenvalue weighted by Gasteiger charge is -2.05. The van der Waals surface area contributed by atoms with Gasteiger partial charge in [0.1, 0.15) is 10.5 Å². The minimum absolute atomic E-state index is 0.581. The molecule has 0 aliphatic rings. The molecule has 4 nitrogen and oxygen atoms in total. The summed E-state index contributed by atoms with van der Waals surface area (Å²) in [5.41, 5.74) is 3.11. The first-order chi connectivity index (χ1) is 10.1. The first-order valence-corrected chi connectivity index (χ1v) is 7.64. The quantitative estimate of drug-likeness (QED) is 0.720. The lowest BCUT2D eigenvalue weighted by Crippen LogP contribution is -1.98. The van der Waals surface area contributed by atoms with Gasteiger partial charge in [-0.15, -0.1) is 0 Å². The van der Waals surface area contributed by atoms with E-state index in [4.69, 9.17) is 12.2 Å². The molecule has 21 heavy (non-hydrogen) atoms. The van der Waals surface area contributed by atoms with Gasteiger partial charge in [0.25, 0.3) is 0 Å². The average Bonchev–Trinajstić information content (AvgIpc) is 2.85. The molecule has 0 bridgehead atoms. The molecule has 0 unspecified atom stereocenters. The van der Waals surface area contributed by atoms with E-state index in [0.29, 0.717) is 11.1 Å². The van der Waals surface area contributed by atoms with Crippen molar-refractivity contribution in [2.45, 2.75) is 6.42 Å². The molecule has 0 aliphatic carbocycles. The molecule has 2 aromatic heterocycles. The maximum atomic E-state index is 5.27. The number of aryl methyl sites for hydroxylation is 1. The molecule has 2 heterocycles. The van der Waals surface area contributed by atoms with Crippen LogP contribution in [-0.2, 0) is 13.5 Å². The zero-order valence-electron chi connectivity index (χ0n) is 11.4. The standard InChI is InChI=1S/C15H13BrN4S/c1-20-9-11(8-17-20)13-7-15(21)19-14(18-13)6-10-3-2-4-12(16)5-10/h2-5,7-9H,6H2,1H3,(H,18,19,21). The Hall–Kier alpha value is -1.79. The number of nitrogens with one attached hydrogen (secondary N) is 1. The highest BCUT2D eigenvalue weighted by molar-refractivity contribution is 9.10. The van der Waals surface area contributed by atoms with Crippen LogP contribution in [0.1, 0.15) is 11.4 Å². The normalized spacial score (nSPS) is 10.8. The molecule has 0 saturated carbocycles. The number of rotatable bonds is 3.